The molecule has 1 aliphatic rings. The fourth-order valence-corrected chi connectivity index (χ4v) is 3.71. The van der Waals surface area contributed by atoms with Gasteiger partial charge in [0.15, 0.2) is 0 Å². The SMILES string of the molecule is O=C(CCc1cnn(-c2ccccc2)c1)NCc1cccnc1N1CCCCC1. The van der Waals surface area contributed by atoms with Gasteiger partial charge in [0.2, 0.25) is 5.91 Å². The molecule has 29 heavy (non-hydrogen) atoms. The van der Waals surface area contributed by atoms with Gasteiger partial charge in [0.25, 0.3) is 0 Å². The van der Waals surface area contributed by atoms with E-state index in [0.29, 0.717) is 19.4 Å². The molecule has 4 rings (SSSR count). The number of piperidine rings is 1. The van der Waals surface area contributed by atoms with Crippen molar-refractivity contribution >= 4 is 11.7 Å². The topological polar surface area (TPSA) is 63.1 Å². The molecule has 6 nitrogen and oxygen atoms in total. The van der Waals surface area contributed by atoms with Crippen LogP contribution in [0.2, 0.25) is 0 Å². The molecule has 3 heterocycles. The van der Waals surface area contributed by atoms with Crippen LogP contribution in [0.4, 0.5) is 5.82 Å². The van der Waals surface area contributed by atoms with E-state index >= 15 is 0 Å². The van der Waals surface area contributed by atoms with Crippen molar-refractivity contribution in [1.82, 2.24) is 20.1 Å². The van der Waals surface area contributed by atoms with Gasteiger partial charge in [-0.15, -0.1) is 0 Å². The molecule has 0 radical (unpaired) electrons. The number of hydrogen-bond acceptors (Lipinski definition) is 4. The van der Waals surface area contributed by atoms with Crippen molar-refractivity contribution in [1.29, 1.82) is 0 Å². The van der Waals surface area contributed by atoms with Gasteiger partial charge in [0.1, 0.15) is 5.82 Å². The fraction of sp³-hybridized carbons (Fsp3) is 0.348. The number of carbonyl (C=O) groups excluding carboxylic acids is 1. The van der Waals surface area contributed by atoms with Gasteiger partial charge in [-0.25, -0.2) is 9.67 Å². The summed E-state index contributed by atoms with van der Waals surface area (Å²) >= 11 is 0. The number of amides is 1. The number of rotatable bonds is 7. The third-order valence-corrected chi connectivity index (χ3v) is 5.30. The minimum Gasteiger partial charge on any atom is -0.356 e. The van der Waals surface area contributed by atoms with Crippen LogP contribution in [0.5, 0.6) is 0 Å². The first-order chi connectivity index (χ1) is 14.3. The first-order valence-corrected chi connectivity index (χ1v) is 10.3. The van der Waals surface area contributed by atoms with E-state index in [-0.39, 0.29) is 5.91 Å². The highest BCUT2D eigenvalue weighted by Crippen LogP contribution is 2.21. The summed E-state index contributed by atoms with van der Waals surface area (Å²) in [5.41, 5.74) is 3.16. The third-order valence-electron chi connectivity index (χ3n) is 5.30. The molecule has 0 bridgehead atoms. The number of aromatic nitrogens is 3. The molecule has 3 aromatic rings. The Morgan fingerprint density at radius 1 is 1.03 bits per heavy atom. The lowest BCUT2D eigenvalue weighted by molar-refractivity contribution is -0.121. The second-order valence-electron chi connectivity index (χ2n) is 7.44. The molecule has 0 unspecified atom stereocenters. The number of aryl methyl sites for hydroxylation is 1. The van der Waals surface area contributed by atoms with Crippen LogP contribution < -0.4 is 10.2 Å². The highest BCUT2D eigenvalue weighted by atomic mass is 16.1. The summed E-state index contributed by atoms with van der Waals surface area (Å²) in [4.78, 5) is 19.3. The van der Waals surface area contributed by atoms with Crippen LogP contribution in [0.3, 0.4) is 0 Å². The molecule has 1 aromatic carbocycles. The maximum Gasteiger partial charge on any atom is 0.220 e. The second kappa shape index (κ2) is 9.37. The Labute approximate surface area is 171 Å². The molecule has 1 saturated heterocycles. The molecule has 1 amide bonds. The molecule has 6 heteroatoms. The number of benzene rings is 1. The first-order valence-electron chi connectivity index (χ1n) is 10.3. The van der Waals surface area contributed by atoms with Gasteiger partial charge < -0.3 is 10.2 Å². The van der Waals surface area contributed by atoms with Gasteiger partial charge in [-0.2, -0.15) is 5.10 Å². The maximum atomic E-state index is 12.4. The zero-order valence-corrected chi connectivity index (χ0v) is 16.6. The second-order valence-corrected chi connectivity index (χ2v) is 7.44. The molecule has 0 saturated carbocycles. The van der Waals surface area contributed by atoms with Crippen LogP contribution >= 0.6 is 0 Å². The average molecular weight is 390 g/mol. The smallest absolute Gasteiger partial charge is 0.220 e. The van der Waals surface area contributed by atoms with E-state index in [9.17, 15) is 4.79 Å². The summed E-state index contributed by atoms with van der Waals surface area (Å²) in [6.07, 6.45) is 10.5. The molecular weight excluding hydrogens is 362 g/mol. The summed E-state index contributed by atoms with van der Waals surface area (Å²) in [5, 5.41) is 7.45. The fourth-order valence-electron chi connectivity index (χ4n) is 3.71. The highest BCUT2D eigenvalue weighted by molar-refractivity contribution is 5.76. The van der Waals surface area contributed by atoms with E-state index in [4.69, 9.17) is 0 Å². The van der Waals surface area contributed by atoms with Crippen molar-refractivity contribution in [3.05, 3.63) is 72.2 Å². The monoisotopic (exact) mass is 389 g/mol. The number of anilines is 1. The number of hydrogen-bond donors (Lipinski definition) is 1. The summed E-state index contributed by atoms with van der Waals surface area (Å²) in [5.74, 6) is 1.06. The van der Waals surface area contributed by atoms with Crippen LogP contribution in [-0.4, -0.2) is 33.8 Å². The van der Waals surface area contributed by atoms with Gasteiger partial charge in [0, 0.05) is 44.0 Å². The molecular formula is C23H27N5O. The van der Waals surface area contributed by atoms with Gasteiger partial charge in [-0.3, -0.25) is 4.79 Å². The van der Waals surface area contributed by atoms with E-state index in [1.807, 2.05) is 59.7 Å². The Morgan fingerprint density at radius 2 is 1.86 bits per heavy atom. The molecule has 2 aromatic heterocycles. The van der Waals surface area contributed by atoms with Crippen molar-refractivity contribution in [2.45, 2.75) is 38.6 Å². The average Bonchev–Trinajstić information content (AvgIpc) is 3.27. The molecule has 1 N–H and O–H groups in total. The highest BCUT2D eigenvalue weighted by Gasteiger charge is 2.16. The lowest BCUT2D eigenvalue weighted by Crippen LogP contribution is -2.32. The lowest BCUT2D eigenvalue weighted by Gasteiger charge is -2.29. The van der Waals surface area contributed by atoms with Crippen LogP contribution in [0, 0.1) is 0 Å². The van der Waals surface area contributed by atoms with Crippen molar-refractivity contribution in [3.63, 3.8) is 0 Å². The van der Waals surface area contributed by atoms with Crippen molar-refractivity contribution < 1.29 is 4.79 Å². The lowest BCUT2D eigenvalue weighted by atomic mass is 10.1. The van der Waals surface area contributed by atoms with Crippen LogP contribution in [0.25, 0.3) is 5.69 Å². The number of carbonyl (C=O) groups is 1. The Balaban J connectivity index is 1.29. The van der Waals surface area contributed by atoms with E-state index in [1.165, 1.54) is 19.3 Å². The number of nitrogens with zero attached hydrogens (tertiary/aromatic N) is 4. The van der Waals surface area contributed by atoms with Gasteiger partial charge in [0.05, 0.1) is 11.9 Å². The molecule has 0 spiro atoms. The minimum absolute atomic E-state index is 0.0471. The van der Waals surface area contributed by atoms with Crippen LogP contribution in [0.1, 0.15) is 36.8 Å². The van der Waals surface area contributed by atoms with E-state index in [1.54, 1.807) is 0 Å². The molecule has 1 fully saturated rings. The number of nitrogens with one attached hydrogen (secondary N) is 1. The molecule has 1 aliphatic heterocycles. The Kier molecular flexibility index (Phi) is 6.19. The van der Waals surface area contributed by atoms with Crippen LogP contribution in [-0.2, 0) is 17.8 Å². The largest absolute Gasteiger partial charge is 0.356 e. The predicted molar refractivity (Wildman–Crippen MR) is 114 cm³/mol. The predicted octanol–water partition coefficient (Wildman–Crippen LogP) is 3.51. The van der Waals surface area contributed by atoms with Crippen LogP contribution in [0.15, 0.2) is 61.1 Å². The first kappa shape index (κ1) is 19.2. The summed E-state index contributed by atoms with van der Waals surface area (Å²) < 4.78 is 1.84. The van der Waals surface area contributed by atoms with E-state index in [2.05, 4.69) is 26.4 Å². The quantitative estimate of drug-likeness (QED) is 0.672. The molecule has 0 atom stereocenters. The normalized spacial score (nSPS) is 14.0. The number of para-hydroxylation sites is 1. The summed E-state index contributed by atoms with van der Waals surface area (Å²) in [7, 11) is 0. The van der Waals surface area contributed by atoms with Crippen molar-refractivity contribution in [2.75, 3.05) is 18.0 Å². The zero-order valence-electron chi connectivity index (χ0n) is 16.6. The van der Waals surface area contributed by atoms with Crippen molar-refractivity contribution in [3.8, 4) is 5.69 Å². The Bertz CT molecular complexity index is 931. The van der Waals surface area contributed by atoms with E-state index < -0.39 is 0 Å². The molecule has 150 valence electrons. The standard InChI is InChI=1S/C23H27N5O/c29-22(12-11-19-16-26-28(18-19)21-9-3-1-4-10-21)25-17-20-8-7-13-24-23(20)27-14-5-2-6-15-27/h1,3-4,7-10,13,16,18H,2,5-6,11-12,14-15,17H2,(H,25,29). The van der Waals surface area contributed by atoms with Gasteiger partial charge >= 0.3 is 0 Å². The third kappa shape index (κ3) is 5.02. The minimum atomic E-state index is 0.0471. The van der Waals surface area contributed by atoms with Gasteiger partial charge in [-0.05, 0) is 49.4 Å². The summed E-state index contributed by atoms with van der Waals surface area (Å²) in [6.45, 7) is 2.61. The number of pyridine rings is 1. The zero-order chi connectivity index (χ0) is 19.9. The van der Waals surface area contributed by atoms with Gasteiger partial charge in [-0.1, -0.05) is 24.3 Å². The maximum absolute atomic E-state index is 12.4. The van der Waals surface area contributed by atoms with E-state index in [0.717, 1.165) is 35.7 Å². The van der Waals surface area contributed by atoms with Crippen molar-refractivity contribution in [2.24, 2.45) is 0 Å². The Hall–Kier alpha value is -3.15. The Morgan fingerprint density at radius 3 is 2.69 bits per heavy atom. The summed E-state index contributed by atoms with van der Waals surface area (Å²) in [6, 6.07) is 14.0. The molecule has 0 aliphatic carbocycles.